The molecule has 2 saturated heterocycles. The van der Waals surface area contributed by atoms with E-state index in [2.05, 4.69) is 15.9 Å². The van der Waals surface area contributed by atoms with E-state index in [4.69, 9.17) is 29.4 Å². The number of hydrogen-bond acceptors (Lipinski definition) is 7. The van der Waals surface area contributed by atoms with Crippen LogP contribution in [-0.2, 0) is 32.6 Å². The molecule has 27 heavy (non-hydrogen) atoms. The summed E-state index contributed by atoms with van der Waals surface area (Å²) in [6.07, 6.45) is 0.329. The molecule has 0 aliphatic carbocycles. The van der Waals surface area contributed by atoms with Crippen LogP contribution in [0.5, 0.6) is 0 Å². The van der Waals surface area contributed by atoms with Gasteiger partial charge in [0.2, 0.25) is 0 Å². The van der Waals surface area contributed by atoms with Crippen molar-refractivity contribution in [3.05, 3.63) is 0 Å². The monoisotopic (exact) mass is 481 g/mol. The molecule has 2 rings (SSSR count). The Morgan fingerprint density at radius 3 is 1.63 bits per heavy atom. The van der Waals surface area contributed by atoms with Crippen molar-refractivity contribution in [2.24, 2.45) is 11.8 Å². The zero-order chi connectivity index (χ0) is 21.8. The molecule has 0 amide bonds. The molecule has 0 unspecified atom stereocenters. The molecular weight excluding hydrogens is 446 g/mol. The summed E-state index contributed by atoms with van der Waals surface area (Å²) in [4.78, 5) is 0. The van der Waals surface area contributed by atoms with Crippen molar-refractivity contribution in [2.75, 3.05) is 59.3 Å². The van der Waals surface area contributed by atoms with Crippen LogP contribution in [0.3, 0.4) is 0 Å². The summed E-state index contributed by atoms with van der Waals surface area (Å²) < 4.78 is 58.8. The summed E-state index contributed by atoms with van der Waals surface area (Å²) in [6.45, 7) is 10.2. The van der Waals surface area contributed by atoms with Crippen molar-refractivity contribution < 1.29 is 38.3 Å². The Hall–Kier alpha value is 0.400. The van der Waals surface area contributed by atoms with Gasteiger partial charge in [-0.25, -0.2) is 0 Å². The Kier molecular flexibility index (Phi) is 12.1. The van der Waals surface area contributed by atoms with E-state index in [9.17, 15) is 8.96 Å². The van der Waals surface area contributed by atoms with Crippen molar-refractivity contribution in [1.82, 2.24) is 0 Å². The van der Waals surface area contributed by atoms with Crippen molar-refractivity contribution >= 4 is 23.5 Å². The largest absolute Gasteiger partial charge is 0.350 e. The fraction of sp³-hybridized carbons (Fsp3) is 1.00. The van der Waals surface area contributed by atoms with Gasteiger partial charge in [-0.1, -0.05) is 15.9 Å². The third kappa shape index (κ3) is 11.2. The van der Waals surface area contributed by atoms with Gasteiger partial charge in [-0.05, 0) is 27.7 Å². The predicted molar refractivity (Wildman–Crippen MR) is 106 cm³/mol. The molecule has 0 aromatic carbocycles. The fourth-order valence-electron chi connectivity index (χ4n) is 2.19. The molecule has 0 aromatic heterocycles. The lowest BCUT2D eigenvalue weighted by Crippen LogP contribution is -2.40. The maximum atomic E-state index is 11.8. The van der Waals surface area contributed by atoms with Crippen molar-refractivity contribution in [3.8, 4) is 0 Å². The third-order valence-corrected chi connectivity index (χ3v) is 6.91. The van der Waals surface area contributed by atoms with E-state index in [-0.39, 0.29) is 11.7 Å². The van der Waals surface area contributed by atoms with E-state index in [0.717, 1.165) is 18.5 Å². The minimum atomic E-state index is -2.95. The second-order valence-corrected chi connectivity index (χ2v) is 10.1. The highest BCUT2D eigenvalue weighted by molar-refractivity contribution is 9.09. The summed E-state index contributed by atoms with van der Waals surface area (Å²) in [5, 5.41) is 0.961. The molecule has 0 aromatic rings. The van der Waals surface area contributed by atoms with Crippen LogP contribution in [-0.4, -0.2) is 70.9 Å². The maximum Gasteiger partial charge on any atom is 0.330 e. The van der Waals surface area contributed by atoms with Gasteiger partial charge in [-0.3, -0.25) is 8.96 Å². The van der Waals surface area contributed by atoms with Gasteiger partial charge in [-0.15, -0.1) is 0 Å². The zero-order valence-corrected chi connectivity index (χ0v) is 19.6. The van der Waals surface area contributed by atoms with E-state index >= 15 is 0 Å². The SMILES string of the molecule is CC1(C)OCC(CBr)CO1.COP(=O)(CC1COC(C)(C)OC1)OC.[2H]CF. The van der Waals surface area contributed by atoms with Crippen LogP contribution < -0.4 is 0 Å². The summed E-state index contributed by atoms with van der Waals surface area (Å²) in [5.74, 6) is -0.323. The van der Waals surface area contributed by atoms with E-state index in [1.807, 2.05) is 27.7 Å². The third-order valence-electron chi connectivity index (χ3n) is 3.92. The lowest BCUT2D eigenvalue weighted by molar-refractivity contribution is -0.259. The number of rotatable bonds is 5. The smallest absolute Gasteiger partial charge is 0.330 e. The van der Waals surface area contributed by atoms with Crippen LogP contribution in [0.15, 0.2) is 0 Å². The number of halogens is 2. The summed E-state index contributed by atoms with van der Waals surface area (Å²) in [5.41, 5.74) is 0. The number of ether oxygens (including phenoxy) is 4. The average molecular weight is 482 g/mol. The standard InChI is InChI=1S/C9H19O5P.C7H13BrO2.CH3F/c1-9(2)13-5-8(6-14-9)7-15(10,11-3)12-4;1-7(2)9-4-6(3-8)5-10-7;1-2/h8H,5-7H2,1-4H3;6H,3-5H2,1-2H3;1H3/i;;1D. The van der Waals surface area contributed by atoms with Gasteiger partial charge in [0.05, 0.1) is 41.1 Å². The Balaban J connectivity index is 0.000000483. The molecule has 0 N–H and O–H groups in total. The van der Waals surface area contributed by atoms with Gasteiger partial charge in [0.25, 0.3) is 0 Å². The second-order valence-electron chi connectivity index (χ2n) is 7.09. The molecule has 164 valence electrons. The van der Waals surface area contributed by atoms with Gasteiger partial charge in [-0.2, -0.15) is 0 Å². The normalized spacial score (nSPS) is 23.3. The second kappa shape index (κ2) is 12.9. The minimum Gasteiger partial charge on any atom is -0.350 e. The molecule has 2 heterocycles. The molecule has 2 aliphatic rings. The highest BCUT2D eigenvalue weighted by Crippen LogP contribution is 2.48. The predicted octanol–water partition coefficient (Wildman–Crippen LogP) is 4.24. The van der Waals surface area contributed by atoms with Crippen LogP contribution in [0.4, 0.5) is 4.39 Å². The molecule has 0 saturated carbocycles. The molecule has 2 aliphatic heterocycles. The lowest BCUT2D eigenvalue weighted by atomic mass is 10.2. The van der Waals surface area contributed by atoms with Gasteiger partial charge < -0.3 is 28.0 Å². The number of hydrogen-bond donors (Lipinski definition) is 0. The van der Waals surface area contributed by atoms with Crippen molar-refractivity contribution in [3.63, 3.8) is 0 Å². The first-order valence-corrected chi connectivity index (χ1v) is 11.5. The Morgan fingerprint density at radius 1 is 1.00 bits per heavy atom. The molecule has 0 atom stereocenters. The molecular formula is C17H35BrFO7P. The average Bonchev–Trinajstić information content (AvgIpc) is 2.65. The van der Waals surface area contributed by atoms with E-state index < -0.39 is 20.5 Å². The summed E-state index contributed by atoms with van der Waals surface area (Å²) in [6, 6.07) is 0. The van der Waals surface area contributed by atoms with Crippen molar-refractivity contribution in [1.29, 1.82) is 0 Å². The lowest BCUT2D eigenvalue weighted by Gasteiger charge is -2.35. The molecule has 0 spiro atoms. The van der Waals surface area contributed by atoms with Gasteiger partial charge in [0.15, 0.2) is 11.6 Å². The Labute approximate surface area is 172 Å². The molecule has 0 bridgehead atoms. The van der Waals surface area contributed by atoms with E-state index in [1.165, 1.54) is 14.2 Å². The maximum absolute atomic E-state index is 11.8. The van der Waals surface area contributed by atoms with Crippen LogP contribution in [0.25, 0.3) is 0 Å². The van der Waals surface area contributed by atoms with Gasteiger partial charge in [0.1, 0.15) is 0 Å². The van der Waals surface area contributed by atoms with Gasteiger partial charge in [0, 0.05) is 31.4 Å². The molecule has 7 nitrogen and oxygen atoms in total. The van der Waals surface area contributed by atoms with Crippen LogP contribution in [0, 0.1) is 11.8 Å². The van der Waals surface area contributed by atoms with Gasteiger partial charge >= 0.3 is 7.60 Å². The fourth-order valence-corrected chi connectivity index (χ4v) is 3.85. The molecule has 10 heteroatoms. The van der Waals surface area contributed by atoms with E-state index in [1.54, 1.807) is 0 Å². The number of alkyl halides is 2. The van der Waals surface area contributed by atoms with Crippen LogP contribution in [0.1, 0.15) is 29.1 Å². The first kappa shape index (κ1) is 25.4. The summed E-state index contributed by atoms with van der Waals surface area (Å²) in [7, 11) is -1.18. The topological polar surface area (TPSA) is 72.5 Å². The molecule has 0 radical (unpaired) electrons. The highest BCUT2D eigenvalue weighted by Gasteiger charge is 2.34. The Morgan fingerprint density at radius 2 is 1.33 bits per heavy atom. The first-order chi connectivity index (χ1) is 13.0. The quantitative estimate of drug-likeness (QED) is 0.429. The summed E-state index contributed by atoms with van der Waals surface area (Å²) >= 11 is 3.39. The van der Waals surface area contributed by atoms with E-state index in [0.29, 0.717) is 25.3 Å². The highest BCUT2D eigenvalue weighted by atomic mass is 79.9. The Bertz CT molecular complexity index is 443. The first-order valence-electron chi connectivity index (χ1n) is 9.34. The zero-order valence-electron chi connectivity index (χ0n) is 18.2. The molecule has 2 fully saturated rings. The minimum absolute atomic E-state index is 0.0590. The van der Waals surface area contributed by atoms with Crippen LogP contribution >= 0.6 is 23.5 Å². The van der Waals surface area contributed by atoms with Crippen LogP contribution in [0.2, 0.25) is 0 Å². The van der Waals surface area contributed by atoms with Crippen molar-refractivity contribution in [2.45, 2.75) is 39.3 Å².